The molecule has 0 aromatic heterocycles. The molecule has 41 heavy (non-hydrogen) atoms. The number of hydrogen-bond acceptors (Lipinski definition) is 1. The number of halogens is 4. The molecule has 7 heteroatoms. The van der Waals surface area contributed by atoms with Crippen molar-refractivity contribution in [3.05, 3.63) is 131 Å². The third-order valence-electron chi connectivity index (χ3n) is 8.34. The fourth-order valence-electron chi connectivity index (χ4n) is 6.50. The van der Waals surface area contributed by atoms with Gasteiger partial charge in [0, 0.05) is 48.2 Å². The van der Waals surface area contributed by atoms with Crippen molar-refractivity contribution in [1.29, 1.82) is 0 Å². The predicted molar refractivity (Wildman–Crippen MR) is 162 cm³/mol. The van der Waals surface area contributed by atoms with Crippen LogP contribution in [-0.4, -0.2) is 10.5 Å². The van der Waals surface area contributed by atoms with Crippen LogP contribution in [0.4, 0.5) is 17.6 Å². The third-order valence-corrected chi connectivity index (χ3v) is 15.1. The van der Waals surface area contributed by atoms with Gasteiger partial charge in [0.1, 0.15) is 23.3 Å². The molecule has 6 rings (SSSR count). The van der Waals surface area contributed by atoms with E-state index in [1.807, 2.05) is 12.1 Å². The Labute approximate surface area is 242 Å². The van der Waals surface area contributed by atoms with E-state index in [1.165, 1.54) is 35.4 Å². The lowest BCUT2D eigenvalue weighted by Gasteiger charge is -2.48. The van der Waals surface area contributed by atoms with Crippen molar-refractivity contribution in [3.63, 3.8) is 0 Å². The van der Waals surface area contributed by atoms with Crippen molar-refractivity contribution in [2.75, 3.05) is 0 Å². The monoisotopic (exact) mass is 593 g/mol. The summed E-state index contributed by atoms with van der Waals surface area (Å²) in [5, 5.41) is 0.594. The lowest BCUT2D eigenvalue weighted by atomic mass is 9.96. The van der Waals surface area contributed by atoms with Gasteiger partial charge in [0.25, 0.3) is 0 Å². The maximum Gasteiger partial charge on any atom is 0.135 e. The van der Waals surface area contributed by atoms with Crippen molar-refractivity contribution in [2.45, 2.75) is 62.3 Å². The molecule has 0 radical (unpaired) electrons. The van der Waals surface area contributed by atoms with Crippen LogP contribution < -0.4 is 10.6 Å². The van der Waals surface area contributed by atoms with Crippen LogP contribution in [0, 0.1) is 23.3 Å². The maximum absolute atomic E-state index is 15.8. The second kappa shape index (κ2) is 12.7. The Balaban J connectivity index is 1.59. The van der Waals surface area contributed by atoms with Gasteiger partial charge >= 0.3 is 0 Å². The minimum atomic E-state index is -1.77. The molecule has 2 atom stereocenters. The van der Waals surface area contributed by atoms with Crippen LogP contribution in [0.5, 0.6) is 0 Å². The van der Waals surface area contributed by atoms with Crippen molar-refractivity contribution in [2.24, 2.45) is 0 Å². The lowest BCUT2D eigenvalue weighted by Crippen LogP contribution is -2.37. The van der Waals surface area contributed by atoms with Crippen LogP contribution in [0.2, 0.25) is 0 Å². The first-order valence-corrected chi connectivity index (χ1v) is 17.1. The van der Waals surface area contributed by atoms with E-state index in [0.717, 1.165) is 57.1 Å². The molecule has 1 aliphatic heterocycles. The summed E-state index contributed by atoms with van der Waals surface area (Å²) in [5.74, 6) is -2.69. The molecule has 1 heterocycles. The summed E-state index contributed by atoms with van der Waals surface area (Å²) in [4.78, 5) is 0. The van der Waals surface area contributed by atoms with E-state index in [9.17, 15) is 8.78 Å². The first-order valence-electron chi connectivity index (χ1n) is 14.4. The molecule has 0 bridgehead atoms. The molecule has 2 aliphatic rings. The highest BCUT2D eigenvalue weighted by Gasteiger charge is 2.47. The van der Waals surface area contributed by atoms with Gasteiger partial charge in [-0.25, -0.2) is 22.0 Å². The Bertz CT molecular complexity index is 1360. The second-order valence-electron chi connectivity index (χ2n) is 10.9. The maximum atomic E-state index is 15.8. The summed E-state index contributed by atoms with van der Waals surface area (Å²) in [7, 11) is -2.77. The van der Waals surface area contributed by atoms with Gasteiger partial charge in [-0.05, 0) is 69.1 Å². The van der Waals surface area contributed by atoms with Crippen LogP contribution in [0.25, 0.3) is 0 Å². The summed E-state index contributed by atoms with van der Waals surface area (Å²) in [5.41, 5.74) is 2.89. The fourth-order valence-corrected chi connectivity index (χ4v) is 14.3. The van der Waals surface area contributed by atoms with Crippen molar-refractivity contribution >= 4 is 26.8 Å². The largest absolute Gasteiger partial charge is 0.248 e. The van der Waals surface area contributed by atoms with E-state index in [1.54, 1.807) is 0 Å². The zero-order valence-corrected chi connectivity index (χ0v) is 24.6. The Morgan fingerprint density at radius 2 is 1.02 bits per heavy atom. The molecular weight excluding hydrogens is 560 g/mol. The van der Waals surface area contributed by atoms with Crippen LogP contribution in [0.1, 0.15) is 67.4 Å². The minimum Gasteiger partial charge on any atom is -0.248 e. The molecule has 0 spiro atoms. The van der Waals surface area contributed by atoms with Gasteiger partial charge in [0.2, 0.25) is 0 Å². The normalized spacial score (nSPS) is 20.2. The highest BCUT2D eigenvalue weighted by molar-refractivity contribution is 7.79. The molecule has 4 aromatic carbocycles. The molecule has 0 N–H and O–H groups in total. The van der Waals surface area contributed by atoms with Crippen molar-refractivity contribution < 1.29 is 17.6 Å². The Morgan fingerprint density at radius 1 is 0.561 bits per heavy atom. The summed E-state index contributed by atoms with van der Waals surface area (Å²) in [6, 6.07) is 28.4. The highest BCUT2D eigenvalue weighted by Crippen LogP contribution is 2.77. The standard InChI is InChI=1S/C34H33F4NP2/c35-26-16-18-33(29(37)22-26)41(34-19-17-27(36)23-30(34)38)39(28-14-8-3-9-15-28)40-31(24-10-4-1-5-11-24)20-21-32(40)25-12-6-2-7-13-25/h1-2,4-7,10-13,16-19,22-23,28,31-32H,3,8-9,14-15,20-21H2/t31-,32-/m0/s1. The number of hydrogen-bond donors (Lipinski definition) is 0. The van der Waals surface area contributed by atoms with E-state index in [2.05, 4.69) is 53.0 Å². The Hall–Kier alpha value is -2.58. The molecule has 2 fully saturated rings. The van der Waals surface area contributed by atoms with E-state index in [-0.39, 0.29) is 17.4 Å². The second-order valence-corrected chi connectivity index (χ2v) is 15.7. The molecule has 1 saturated carbocycles. The molecule has 4 aromatic rings. The number of benzene rings is 4. The highest BCUT2D eigenvalue weighted by atomic mass is 31.2. The molecule has 212 valence electrons. The summed E-state index contributed by atoms with van der Waals surface area (Å²) in [6.07, 6.45) is 7.06. The topological polar surface area (TPSA) is 3.24 Å². The van der Waals surface area contributed by atoms with E-state index >= 15 is 8.78 Å². The minimum absolute atomic E-state index is 0.116. The van der Waals surface area contributed by atoms with Gasteiger partial charge in [0.05, 0.1) is 0 Å². The van der Waals surface area contributed by atoms with E-state index in [4.69, 9.17) is 0 Å². The van der Waals surface area contributed by atoms with Crippen LogP contribution >= 0.6 is 16.1 Å². The Morgan fingerprint density at radius 3 is 1.46 bits per heavy atom. The quantitative estimate of drug-likeness (QED) is 0.152. The first kappa shape index (κ1) is 28.5. The average Bonchev–Trinajstić information content (AvgIpc) is 3.43. The predicted octanol–water partition coefficient (Wildman–Crippen LogP) is 9.90. The van der Waals surface area contributed by atoms with Gasteiger partial charge < -0.3 is 0 Å². The molecule has 0 amide bonds. The summed E-state index contributed by atoms with van der Waals surface area (Å²) in [6.45, 7) is 0. The van der Waals surface area contributed by atoms with Crippen LogP contribution in [-0.2, 0) is 0 Å². The SMILES string of the molecule is Fc1ccc(P(c2ccc(F)cc2F)N(C2CCCCC2)P2[C@H](c3ccccc3)CC[C@H]2c2ccccc2)c(F)c1. The van der Waals surface area contributed by atoms with Crippen molar-refractivity contribution in [3.8, 4) is 0 Å². The first-order chi connectivity index (χ1) is 20.0. The number of rotatable bonds is 7. The molecule has 1 saturated heterocycles. The fraction of sp³-hybridized carbons (Fsp3) is 0.294. The molecule has 1 nitrogen and oxygen atoms in total. The van der Waals surface area contributed by atoms with Crippen LogP contribution in [0.15, 0.2) is 97.1 Å². The number of nitrogens with zero attached hydrogens (tertiary/aromatic N) is 1. The van der Waals surface area contributed by atoms with Gasteiger partial charge in [-0.2, -0.15) is 0 Å². The average molecular weight is 594 g/mol. The summed E-state index contributed by atoms with van der Waals surface area (Å²) >= 11 is 0. The molecular formula is C34H33F4NP2. The van der Waals surface area contributed by atoms with E-state index in [0.29, 0.717) is 10.6 Å². The third kappa shape index (κ3) is 6.00. The van der Waals surface area contributed by atoms with E-state index < -0.39 is 39.4 Å². The van der Waals surface area contributed by atoms with Gasteiger partial charge in [-0.1, -0.05) is 79.9 Å². The molecule has 1 aliphatic carbocycles. The Kier molecular flexibility index (Phi) is 8.87. The van der Waals surface area contributed by atoms with Crippen LogP contribution in [0.3, 0.4) is 0 Å². The zero-order valence-electron chi connectivity index (χ0n) is 22.8. The van der Waals surface area contributed by atoms with Crippen molar-refractivity contribution in [1.82, 2.24) is 4.44 Å². The molecule has 0 unspecified atom stereocenters. The van der Waals surface area contributed by atoms with Gasteiger partial charge in [-0.15, -0.1) is 0 Å². The van der Waals surface area contributed by atoms with Gasteiger partial charge in [0.15, 0.2) is 0 Å². The summed E-state index contributed by atoms with van der Waals surface area (Å²) < 4.78 is 62.5. The van der Waals surface area contributed by atoms with Gasteiger partial charge in [-0.3, -0.25) is 0 Å². The lowest BCUT2D eigenvalue weighted by molar-refractivity contribution is 0.351. The zero-order chi connectivity index (χ0) is 28.3. The smallest absolute Gasteiger partial charge is 0.135 e.